The van der Waals surface area contributed by atoms with Gasteiger partial charge >= 0.3 is 0 Å². The molecule has 0 heterocycles. The molecule has 0 unspecified atom stereocenters. The van der Waals surface area contributed by atoms with Crippen molar-refractivity contribution in [1.82, 2.24) is 4.72 Å². The second-order valence-corrected chi connectivity index (χ2v) is 7.77. The standard InChI is InChI=1S/C17H18N2O5S2/c1-11(20)19-26(22,23)14-7-4-12(5-8-14)18-17(21)15-9-6-13(25-3)10-16(15)24-2/h4-10H,1-3H3,(H,18,21)(H,19,20). The number of sulfonamides is 1. The normalized spacial score (nSPS) is 10.9. The van der Waals surface area contributed by atoms with Gasteiger partial charge in [-0.15, -0.1) is 11.8 Å². The maximum absolute atomic E-state index is 12.4. The zero-order valence-electron chi connectivity index (χ0n) is 14.4. The minimum atomic E-state index is -3.91. The quantitative estimate of drug-likeness (QED) is 0.730. The van der Waals surface area contributed by atoms with Crippen LogP contribution in [0.15, 0.2) is 52.3 Å². The van der Waals surface area contributed by atoms with Crippen molar-refractivity contribution in [2.24, 2.45) is 0 Å². The van der Waals surface area contributed by atoms with Gasteiger partial charge in [-0.25, -0.2) is 13.1 Å². The van der Waals surface area contributed by atoms with Crippen molar-refractivity contribution in [3.63, 3.8) is 0 Å². The molecule has 0 aromatic heterocycles. The van der Waals surface area contributed by atoms with Gasteiger partial charge in [-0.2, -0.15) is 0 Å². The largest absolute Gasteiger partial charge is 0.496 e. The molecule has 0 atom stereocenters. The van der Waals surface area contributed by atoms with Crippen LogP contribution >= 0.6 is 11.8 Å². The number of amides is 2. The van der Waals surface area contributed by atoms with Crippen LogP contribution in [0.3, 0.4) is 0 Å². The topological polar surface area (TPSA) is 102 Å². The molecule has 2 aromatic rings. The third-order valence-electron chi connectivity index (χ3n) is 3.35. The summed E-state index contributed by atoms with van der Waals surface area (Å²) in [5, 5.41) is 2.68. The Hall–Kier alpha value is -2.52. The van der Waals surface area contributed by atoms with Gasteiger partial charge in [0.05, 0.1) is 17.6 Å². The summed E-state index contributed by atoms with van der Waals surface area (Å²) < 4.78 is 30.9. The maximum atomic E-state index is 12.4. The highest BCUT2D eigenvalue weighted by atomic mass is 32.2. The zero-order chi connectivity index (χ0) is 19.3. The first-order valence-corrected chi connectivity index (χ1v) is 10.1. The molecule has 0 saturated heterocycles. The molecule has 7 nitrogen and oxygen atoms in total. The highest BCUT2D eigenvalue weighted by Crippen LogP contribution is 2.26. The van der Waals surface area contributed by atoms with E-state index >= 15 is 0 Å². The lowest BCUT2D eigenvalue weighted by atomic mass is 10.2. The molecule has 0 fully saturated rings. The third kappa shape index (κ3) is 4.77. The fraction of sp³-hybridized carbons (Fsp3) is 0.176. The summed E-state index contributed by atoms with van der Waals surface area (Å²) in [4.78, 5) is 24.3. The summed E-state index contributed by atoms with van der Waals surface area (Å²) in [7, 11) is -2.43. The van der Waals surface area contributed by atoms with E-state index in [0.29, 0.717) is 17.0 Å². The number of hydrogen-bond acceptors (Lipinski definition) is 6. The van der Waals surface area contributed by atoms with Gasteiger partial charge < -0.3 is 10.1 Å². The number of thioether (sulfide) groups is 1. The third-order valence-corrected chi connectivity index (χ3v) is 5.53. The molecule has 2 amide bonds. The smallest absolute Gasteiger partial charge is 0.264 e. The predicted molar refractivity (Wildman–Crippen MR) is 100 cm³/mol. The summed E-state index contributed by atoms with van der Waals surface area (Å²) in [6, 6.07) is 10.7. The van der Waals surface area contributed by atoms with Crippen LogP contribution in [0.4, 0.5) is 5.69 Å². The van der Waals surface area contributed by atoms with E-state index in [4.69, 9.17) is 4.74 Å². The number of methoxy groups -OCH3 is 1. The van der Waals surface area contributed by atoms with Crippen LogP contribution in [-0.2, 0) is 14.8 Å². The highest BCUT2D eigenvalue weighted by Gasteiger charge is 2.16. The van der Waals surface area contributed by atoms with Gasteiger partial charge in [0.2, 0.25) is 5.91 Å². The molecular weight excluding hydrogens is 376 g/mol. The van der Waals surface area contributed by atoms with E-state index in [0.717, 1.165) is 11.8 Å². The fourth-order valence-corrected chi connectivity index (χ4v) is 3.57. The Morgan fingerprint density at radius 1 is 1.08 bits per heavy atom. The Labute approximate surface area is 156 Å². The molecule has 0 saturated carbocycles. The maximum Gasteiger partial charge on any atom is 0.264 e. The molecule has 0 aliphatic heterocycles. The van der Waals surface area contributed by atoms with Crippen molar-refractivity contribution in [3.05, 3.63) is 48.0 Å². The van der Waals surface area contributed by atoms with Crippen LogP contribution in [0.5, 0.6) is 5.75 Å². The lowest BCUT2D eigenvalue weighted by molar-refractivity contribution is -0.117. The van der Waals surface area contributed by atoms with Crippen molar-refractivity contribution >= 4 is 39.3 Å². The van der Waals surface area contributed by atoms with Crippen LogP contribution in [0.2, 0.25) is 0 Å². The van der Waals surface area contributed by atoms with E-state index < -0.39 is 15.9 Å². The second-order valence-electron chi connectivity index (χ2n) is 5.21. The van der Waals surface area contributed by atoms with E-state index in [2.05, 4.69) is 5.32 Å². The van der Waals surface area contributed by atoms with Crippen LogP contribution in [0.25, 0.3) is 0 Å². The van der Waals surface area contributed by atoms with Crippen molar-refractivity contribution in [1.29, 1.82) is 0 Å². The first kappa shape index (κ1) is 19.8. The summed E-state index contributed by atoms with van der Waals surface area (Å²) in [5.74, 6) is -0.616. The Morgan fingerprint density at radius 2 is 1.73 bits per heavy atom. The molecule has 138 valence electrons. The predicted octanol–water partition coefficient (Wildman–Crippen LogP) is 2.49. The molecule has 0 spiro atoms. The summed E-state index contributed by atoms with van der Waals surface area (Å²) in [6.07, 6.45) is 1.92. The number of carbonyl (C=O) groups excluding carboxylic acids is 2. The van der Waals surface area contributed by atoms with Gasteiger partial charge in [-0.1, -0.05) is 0 Å². The lowest BCUT2D eigenvalue weighted by Gasteiger charge is -2.11. The van der Waals surface area contributed by atoms with Gasteiger partial charge in [0, 0.05) is 17.5 Å². The SMILES string of the molecule is COc1cc(SC)ccc1C(=O)Nc1ccc(S(=O)(=O)NC(C)=O)cc1. The second kappa shape index (κ2) is 8.24. The molecule has 26 heavy (non-hydrogen) atoms. The van der Waals surface area contributed by atoms with Crippen molar-refractivity contribution in [3.8, 4) is 5.75 Å². The molecular formula is C17H18N2O5S2. The number of rotatable bonds is 6. The Kier molecular flexibility index (Phi) is 6.27. The molecule has 2 aromatic carbocycles. The Bertz CT molecular complexity index is 925. The van der Waals surface area contributed by atoms with Crippen molar-refractivity contribution < 1.29 is 22.7 Å². The van der Waals surface area contributed by atoms with Crippen LogP contribution in [0, 0.1) is 0 Å². The molecule has 2 rings (SSSR count). The fourth-order valence-electron chi connectivity index (χ4n) is 2.15. The van der Waals surface area contributed by atoms with E-state index in [9.17, 15) is 18.0 Å². The van der Waals surface area contributed by atoms with Crippen molar-refractivity contribution in [2.45, 2.75) is 16.7 Å². The average molecular weight is 394 g/mol. The van der Waals surface area contributed by atoms with Gasteiger partial charge in [0.15, 0.2) is 0 Å². The molecule has 2 N–H and O–H groups in total. The van der Waals surface area contributed by atoms with Gasteiger partial charge in [-0.3, -0.25) is 9.59 Å². The first-order chi connectivity index (χ1) is 12.3. The van der Waals surface area contributed by atoms with E-state index in [1.54, 1.807) is 12.1 Å². The molecule has 0 aliphatic carbocycles. The first-order valence-electron chi connectivity index (χ1n) is 7.43. The van der Waals surface area contributed by atoms with Crippen LogP contribution < -0.4 is 14.8 Å². The van der Waals surface area contributed by atoms with Crippen molar-refractivity contribution in [2.75, 3.05) is 18.7 Å². The van der Waals surface area contributed by atoms with Crippen LogP contribution in [-0.4, -0.2) is 33.6 Å². The molecule has 0 radical (unpaired) electrons. The summed E-state index contributed by atoms with van der Waals surface area (Å²) in [6.45, 7) is 1.11. The van der Waals surface area contributed by atoms with Gasteiger partial charge in [0.1, 0.15) is 5.75 Å². The Morgan fingerprint density at radius 3 is 2.27 bits per heavy atom. The number of nitrogens with one attached hydrogen (secondary N) is 2. The zero-order valence-corrected chi connectivity index (χ0v) is 16.0. The number of ether oxygens (including phenoxy) is 1. The molecule has 9 heteroatoms. The monoisotopic (exact) mass is 394 g/mol. The summed E-state index contributed by atoms with van der Waals surface area (Å²) >= 11 is 1.53. The number of benzene rings is 2. The minimum Gasteiger partial charge on any atom is -0.496 e. The highest BCUT2D eigenvalue weighted by molar-refractivity contribution is 7.98. The molecule has 0 bridgehead atoms. The van der Waals surface area contributed by atoms with E-state index in [-0.39, 0.29) is 10.8 Å². The average Bonchev–Trinajstić information content (AvgIpc) is 2.60. The van der Waals surface area contributed by atoms with E-state index in [1.165, 1.54) is 43.1 Å². The van der Waals surface area contributed by atoms with E-state index in [1.807, 2.05) is 17.0 Å². The minimum absolute atomic E-state index is 0.0763. The van der Waals surface area contributed by atoms with Gasteiger partial charge in [-0.05, 0) is 48.7 Å². The van der Waals surface area contributed by atoms with Crippen LogP contribution in [0.1, 0.15) is 17.3 Å². The number of anilines is 1. The summed E-state index contributed by atoms with van der Waals surface area (Å²) in [5.41, 5.74) is 0.771. The number of carbonyl (C=O) groups is 2. The molecule has 0 aliphatic rings. The number of hydrogen-bond donors (Lipinski definition) is 2. The lowest BCUT2D eigenvalue weighted by Crippen LogP contribution is -2.28. The Balaban J connectivity index is 2.19. The van der Waals surface area contributed by atoms with Gasteiger partial charge in [0.25, 0.3) is 15.9 Å².